The van der Waals surface area contributed by atoms with Crippen LogP contribution in [0.2, 0.25) is 0 Å². The number of alkyl halides is 3. The Labute approximate surface area is 100 Å². The summed E-state index contributed by atoms with van der Waals surface area (Å²) in [6.07, 6.45) is -1.10. The average Bonchev–Trinajstić information content (AvgIpc) is 2.78. The summed E-state index contributed by atoms with van der Waals surface area (Å²) >= 11 is 0. The van der Waals surface area contributed by atoms with E-state index >= 15 is 0 Å². The van der Waals surface area contributed by atoms with E-state index in [9.17, 15) is 13.2 Å². The summed E-state index contributed by atoms with van der Waals surface area (Å²) in [6, 6.07) is 3.33. The minimum Gasteiger partial charge on any atom is -0.308 e. The maximum Gasteiger partial charge on any atom is 0.419 e. The molecule has 0 aliphatic carbocycles. The molecule has 0 aromatic carbocycles. The van der Waals surface area contributed by atoms with Gasteiger partial charge in [-0.05, 0) is 11.6 Å². The summed E-state index contributed by atoms with van der Waals surface area (Å²) in [6.45, 7) is 0.216. The van der Waals surface area contributed by atoms with Crippen molar-refractivity contribution in [2.45, 2.75) is 12.7 Å². The molecule has 96 valence electrons. The minimum atomic E-state index is -4.37. The number of pyridine rings is 1. The van der Waals surface area contributed by atoms with Crippen molar-refractivity contribution in [1.29, 1.82) is 0 Å². The number of halogens is 3. The summed E-state index contributed by atoms with van der Waals surface area (Å²) in [7, 11) is 0. The van der Waals surface area contributed by atoms with E-state index in [0.717, 1.165) is 18.0 Å². The lowest BCUT2D eigenvalue weighted by molar-refractivity contribution is -0.137. The molecule has 8 heteroatoms. The Balaban J connectivity index is 2.11. The molecule has 2 rings (SSSR count). The van der Waals surface area contributed by atoms with E-state index < -0.39 is 11.7 Å². The summed E-state index contributed by atoms with van der Waals surface area (Å²) in [5, 5.41) is 3.65. The normalized spacial score (nSPS) is 11.6. The molecule has 2 aromatic heterocycles. The minimum absolute atomic E-state index is 0.216. The molecule has 0 spiro atoms. The van der Waals surface area contributed by atoms with Crippen LogP contribution in [0.3, 0.4) is 0 Å². The van der Waals surface area contributed by atoms with Gasteiger partial charge in [0.25, 0.3) is 0 Å². The third kappa shape index (κ3) is 2.77. The molecule has 0 fully saturated rings. The second kappa shape index (κ2) is 4.65. The van der Waals surface area contributed by atoms with E-state index in [1.807, 2.05) is 0 Å². The van der Waals surface area contributed by atoms with Gasteiger partial charge in [0.15, 0.2) is 0 Å². The molecule has 2 aromatic rings. The predicted molar refractivity (Wildman–Crippen MR) is 58.4 cm³/mol. The highest BCUT2D eigenvalue weighted by Gasteiger charge is 2.32. The zero-order valence-electron chi connectivity index (χ0n) is 9.15. The Morgan fingerprint density at radius 1 is 1.28 bits per heavy atom. The van der Waals surface area contributed by atoms with Gasteiger partial charge in [0.2, 0.25) is 0 Å². The SMILES string of the molecule is NNc1ccc(Cn2cc(C(F)(F)F)cn2)cn1. The average molecular weight is 257 g/mol. The first-order valence-corrected chi connectivity index (χ1v) is 5.00. The van der Waals surface area contributed by atoms with Gasteiger partial charge in [0.1, 0.15) is 5.82 Å². The lowest BCUT2D eigenvalue weighted by Crippen LogP contribution is -2.09. The maximum absolute atomic E-state index is 12.4. The maximum atomic E-state index is 12.4. The van der Waals surface area contributed by atoms with Gasteiger partial charge in [-0.15, -0.1) is 0 Å². The van der Waals surface area contributed by atoms with Crippen LogP contribution in [0.4, 0.5) is 19.0 Å². The number of nitrogens with one attached hydrogen (secondary N) is 1. The highest BCUT2D eigenvalue weighted by Crippen LogP contribution is 2.28. The second-order valence-electron chi connectivity index (χ2n) is 3.62. The molecule has 5 nitrogen and oxygen atoms in total. The number of nitrogens with two attached hydrogens (primary N) is 1. The monoisotopic (exact) mass is 257 g/mol. The molecule has 0 saturated heterocycles. The van der Waals surface area contributed by atoms with Gasteiger partial charge < -0.3 is 5.43 Å². The van der Waals surface area contributed by atoms with Gasteiger partial charge in [0, 0.05) is 12.4 Å². The van der Waals surface area contributed by atoms with Crippen LogP contribution in [0, 0.1) is 0 Å². The second-order valence-corrected chi connectivity index (χ2v) is 3.62. The molecule has 18 heavy (non-hydrogen) atoms. The fraction of sp³-hybridized carbons (Fsp3) is 0.200. The van der Waals surface area contributed by atoms with Crippen LogP contribution in [0.15, 0.2) is 30.7 Å². The Kier molecular flexibility index (Phi) is 3.19. The molecule has 3 N–H and O–H groups in total. The van der Waals surface area contributed by atoms with Gasteiger partial charge in [-0.3, -0.25) is 4.68 Å². The third-order valence-corrected chi connectivity index (χ3v) is 2.28. The molecule has 0 aliphatic rings. The fourth-order valence-electron chi connectivity index (χ4n) is 1.39. The highest BCUT2D eigenvalue weighted by atomic mass is 19.4. The fourth-order valence-corrected chi connectivity index (χ4v) is 1.39. The van der Waals surface area contributed by atoms with E-state index in [4.69, 9.17) is 5.84 Å². The lowest BCUT2D eigenvalue weighted by atomic mass is 10.3. The first kappa shape index (κ1) is 12.4. The van der Waals surface area contributed by atoms with Crippen molar-refractivity contribution in [3.8, 4) is 0 Å². The van der Waals surface area contributed by atoms with Crippen LogP contribution < -0.4 is 11.3 Å². The zero-order valence-corrected chi connectivity index (χ0v) is 9.15. The van der Waals surface area contributed by atoms with Gasteiger partial charge >= 0.3 is 6.18 Å². The molecule has 0 aliphatic heterocycles. The number of hydrogen-bond acceptors (Lipinski definition) is 4. The molecule has 0 amide bonds. The molecule has 0 saturated carbocycles. The standard InChI is InChI=1S/C10H10F3N5/c11-10(12,13)8-4-16-18(6-8)5-7-1-2-9(17-14)15-3-7/h1-4,6H,5,14H2,(H,15,17). The molecule has 0 bridgehead atoms. The van der Waals surface area contributed by atoms with E-state index in [0.29, 0.717) is 5.82 Å². The van der Waals surface area contributed by atoms with E-state index in [-0.39, 0.29) is 6.54 Å². The number of nitrogens with zero attached hydrogens (tertiary/aromatic N) is 3. The molecule has 2 heterocycles. The van der Waals surface area contributed by atoms with Crippen LogP contribution in [-0.2, 0) is 12.7 Å². The molecule has 0 unspecified atom stereocenters. The van der Waals surface area contributed by atoms with Gasteiger partial charge in [0.05, 0.1) is 18.3 Å². The van der Waals surface area contributed by atoms with Crippen molar-refractivity contribution < 1.29 is 13.2 Å². The quantitative estimate of drug-likeness (QED) is 0.647. The summed E-state index contributed by atoms with van der Waals surface area (Å²) < 4.78 is 38.3. The summed E-state index contributed by atoms with van der Waals surface area (Å²) in [4.78, 5) is 3.95. The van der Waals surface area contributed by atoms with Crippen molar-refractivity contribution in [3.05, 3.63) is 41.9 Å². The summed E-state index contributed by atoms with van der Waals surface area (Å²) in [5.41, 5.74) is 2.32. The van der Waals surface area contributed by atoms with Crippen LogP contribution in [-0.4, -0.2) is 14.8 Å². The van der Waals surface area contributed by atoms with Crippen LogP contribution >= 0.6 is 0 Å². The van der Waals surface area contributed by atoms with Crippen molar-refractivity contribution >= 4 is 5.82 Å². The van der Waals surface area contributed by atoms with Crippen LogP contribution in [0.25, 0.3) is 0 Å². The van der Waals surface area contributed by atoms with Gasteiger partial charge in [-0.2, -0.15) is 18.3 Å². The molecular weight excluding hydrogens is 247 g/mol. The Hall–Kier alpha value is -2.09. The first-order valence-electron chi connectivity index (χ1n) is 5.00. The smallest absolute Gasteiger partial charge is 0.308 e. The molecule has 0 atom stereocenters. The number of hydrogen-bond donors (Lipinski definition) is 2. The highest BCUT2D eigenvalue weighted by molar-refractivity contribution is 5.33. The third-order valence-electron chi connectivity index (χ3n) is 2.28. The zero-order chi connectivity index (χ0) is 13.2. The van der Waals surface area contributed by atoms with Crippen molar-refractivity contribution in [1.82, 2.24) is 14.8 Å². The Bertz CT molecular complexity index is 517. The van der Waals surface area contributed by atoms with Gasteiger partial charge in [-0.1, -0.05) is 6.07 Å². The Morgan fingerprint density at radius 3 is 2.56 bits per heavy atom. The number of nitrogen functional groups attached to an aromatic ring is 1. The number of aromatic nitrogens is 3. The van der Waals surface area contributed by atoms with Crippen molar-refractivity contribution in [3.63, 3.8) is 0 Å². The van der Waals surface area contributed by atoms with Crippen molar-refractivity contribution in [2.24, 2.45) is 5.84 Å². The molecular formula is C10H10F3N5. The van der Waals surface area contributed by atoms with E-state index in [1.165, 1.54) is 10.9 Å². The topological polar surface area (TPSA) is 68.8 Å². The summed E-state index contributed by atoms with van der Waals surface area (Å²) in [5.74, 6) is 5.63. The lowest BCUT2D eigenvalue weighted by Gasteiger charge is -2.03. The Morgan fingerprint density at radius 2 is 2.06 bits per heavy atom. The number of hydrazine groups is 1. The first-order chi connectivity index (χ1) is 8.49. The van der Waals surface area contributed by atoms with E-state index in [2.05, 4.69) is 15.5 Å². The molecule has 0 radical (unpaired) electrons. The predicted octanol–water partition coefficient (Wildman–Crippen LogP) is 1.63. The van der Waals surface area contributed by atoms with E-state index in [1.54, 1.807) is 12.1 Å². The van der Waals surface area contributed by atoms with Crippen LogP contribution in [0.5, 0.6) is 0 Å². The van der Waals surface area contributed by atoms with Crippen LogP contribution in [0.1, 0.15) is 11.1 Å². The number of anilines is 1. The largest absolute Gasteiger partial charge is 0.419 e. The van der Waals surface area contributed by atoms with Crippen molar-refractivity contribution in [2.75, 3.05) is 5.43 Å². The number of rotatable bonds is 3. The van der Waals surface area contributed by atoms with Gasteiger partial charge in [-0.25, -0.2) is 10.8 Å².